The fourth-order valence-electron chi connectivity index (χ4n) is 2.72. The molecule has 3 heteroatoms. The van der Waals surface area contributed by atoms with Gasteiger partial charge in [0.15, 0.2) is 0 Å². The third-order valence-corrected chi connectivity index (χ3v) is 3.33. The summed E-state index contributed by atoms with van der Waals surface area (Å²) in [6.07, 6.45) is 4.79. The molecule has 0 spiro atoms. The molecule has 1 rings (SSSR count). The molecule has 0 aliphatic heterocycles. The van der Waals surface area contributed by atoms with Crippen molar-refractivity contribution < 1.29 is 5.11 Å². The standard InChI is InChI=1S/C11H24N2O/c1-10(2)4-3-5-11(8-10,9-12)13-6-7-14/h13-14H,3-9,12H2,1-2H3. The summed E-state index contributed by atoms with van der Waals surface area (Å²) in [5.41, 5.74) is 6.32. The zero-order chi connectivity index (χ0) is 10.7. The van der Waals surface area contributed by atoms with Crippen LogP contribution in [0.25, 0.3) is 0 Å². The summed E-state index contributed by atoms with van der Waals surface area (Å²) >= 11 is 0. The SMILES string of the molecule is CC1(C)CCCC(CN)(NCCO)C1. The number of rotatable bonds is 4. The van der Waals surface area contributed by atoms with Gasteiger partial charge in [0.1, 0.15) is 0 Å². The van der Waals surface area contributed by atoms with Crippen LogP contribution in [0.2, 0.25) is 0 Å². The molecule has 1 aliphatic carbocycles. The average Bonchev–Trinajstić information content (AvgIpc) is 2.13. The lowest BCUT2D eigenvalue weighted by Gasteiger charge is -2.45. The Hall–Kier alpha value is -0.120. The summed E-state index contributed by atoms with van der Waals surface area (Å²) in [4.78, 5) is 0. The molecule has 0 aromatic rings. The number of hydrogen-bond acceptors (Lipinski definition) is 3. The largest absolute Gasteiger partial charge is 0.395 e. The van der Waals surface area contributed by atoms with Gasteiger partial charge in [-0.25, -0.2) is 0 Å². The van der Waals surface area contributed by atoms with Crippen LogP contribution in [0.15, 0.2) is 0 Å². The highest BCUT2D eigenvalue weighted by Crippen LogP contribution is 2.40. The lowest BCUT2D eigenvalue weighted by Crippen LogP contribution is -2.56. The average molecular weight is 200 g/mol. The van der Waals surface area contributed by atoms with E-state index in [-0.39, 0.29) is 12.1 Å². The van der Waals surface area contributed by atoms with Crippen LogP contribution in [0.5, 0.6) is 0 Å². The summed E-state index contributed by atoms with van der Waals surface area (Å²) < 4.78 is 0. The Balaban J connectivity index is 2.58. The summed E-state index contributed by atoms with van der Waals surface area (Å²) in [6.45, 7) is 6.14. The van der Waals surface area contributed by atoms with E-state index < -0.39 is 0 Å². The molecule has 0 bridgehead atoms. The van der Waals surface area contributed by atoms with Crippen LogP contribution in [0.3, 0.4) is 0 Å². The molecule has 4 N–H and O–H groups in total. The first-order valence-electron chi connectivity index (χ1n) is 5.60. The Morgan fingerprint density at radius 3 is 2.57 bits per heavy atom. The van der Waals surface area contributed by atoms with E-state index in [1.54, 1.807) is 0 Å². The fraction of sp³-hybridized carbons (Fsp3) is 1.00. The number of aliphatic hydroxyl groups is 1. The van der Waals surface area contributed by atoms with Gasteiger partial charge in [0.05, 0.1) is 6.61 Å². The zero-order valence-electron chi connectivity index (χ0n) is 9.47. The maximum atomic E-state index is 8.83. The first-order valence-corrected chi connectivity index (χ1v) is 5.60. The number of aliphatic hydroxyl groups excluding tert-OH is 1. The van der Waals surface area contributed by atoms with Gasteiger partial charge in [-0.3, -0.25) is 0 Å². The second-order valence-corrected chi connectivity index (χ2v) is 5.33. The lowest BCUT2D eigenvalue weighted by molar-refractivity contribution is 0.118. The van der Waals surface area contributed by atoms with Crippen LogP contribution in [-0.4, -0.2) is 30.3 Å². The predicted octanol–water partition coefficient (Wildman–Crippen LogP) is 0.866. The predicted molar refractivity (Wildman–Crippen MR) is 59.1 cm³/mol. The van der Waals surface area contributed by atoms with Crippen LogP contribution >= 0.6 is 0 Å². The summed E-state index contributed by atoms with van der Waals surface area (Å²) in [5.74, 6) is 0. The van der Waals surface area contributed by atoms with Gasteiger partial charge in [-0.2, -0.15) is 0 Å². The molecule has 84 valence electrons. The molecule has 0 heterocycles. The Morgan fingerprint density at radius 2 is 2.07 bits per heavy atom. The molecule has 0 aromatic carbocycles. The normalized spacial score (nSPS) is 31.7. The highest BCUT2D eigenvalue weighted by Gasteiger charge is 2.38. The molecule has 1 aliphatic rings. The molecular weight excluding hydrogens is 176 g/mol. The number of nitrogens with two attached hydrogens (primary N) is 1. The van der Waals surface area contributed by atoms with Crippen LogP contribution in [0.4, 0.5) is 0 Å². The molecule has 1 atom stereocenters. The molecule has 0 amide bonds. The Labute approximate surface area is 87.1 Å². The highest BCUT2D eigenvalue weighted by molar-refractivity contribution is 4.97. The maximum Gasteiger partial charge on any atom is 0.0556 e. The second kappa shape index (κ2) is 4.60. The molecule has 0 saturated heterocycles. The molecule has 1 fully saturated rings. The van der Waals surface area contributed by atoms with E-state index in [1.165, 1.54) is 12.8 Å². The van der Waals surface area contributed by atoms with E-state index in [4.69, 9.17) is 10.8 Å². The lowest BCUT2D eigenvalue weighted by atomic mass is 9.68. The first-order chi connectivity index (χ1) is 6.54. The van der Waals surface area contributed by atoms with Crippen molar-refractivity contribution in [3.63, 3.8) is 0 Å². The number of hydrogen-bond donors (Lipinski definition) is 3. The van der Waals surface area contributed by atoms with Gasteiger partial charge in [-0.1, -0.05) is 20.3 Å². The third kappa shape index (κ3) is 2.94. The number of β-amino-alcohol motifs (C(OH)–C–C–N with tert-alkyl or cyclic N) is 1. The van der Waals surface area contributed by atoms with Crippen molar-refractivity contribution in [2.45, 2.75) is 45.1 Å². The topological polar surface area (TPSA) is 58.3 Å². The quantitative estimate of drug-likeness (QED) is 0.631. The minimum absolute atomic E-state index is 0.0739. The molecule has 1 saturated carbocycles. The zero-order valence-corrected chi connectivity index (χ0v) is 9.47. The number of nitrogens with one attached hydrogen (secondary N) is 1. The van der Waals surface area contributed by atoms with E-state index >= 15 is 0 Å². The van der Waals surface area contributed by atoms with Gasteiger partial charge in [-0.15, -0.1) is 0 Å². The smallest absolute Gasteiger partial charge is 0.0556 e. The summed E-state index contributed by atoms with van der Waals surface area (Å²) in [5, 5.41) is 12.2. The van der Waals surface area contributed by atoms with Gasteiger partial charge in [-0.05, 0) is 24.7 Å². The van der Waals surface area contributed by atoms with Crippen molar-refractivity contribution in [2.24, 2.45) is 11.1 Å². The highest BCUT2D eigenvalue weighted by atomic mass is 16.3. The van der Waals surface area contributed by atoms with Crippen molar-refractivity contribution >= 4 is 0 Å². The van der Waals surface area contributed by atoms with Crippen LogP contribution in [0.1, 0.15) is 39.5 Å². The molecule has 3 nitrogen and oxygen atoms in total. The monoisotopic (exact) mass is 200 g/mol. The minimum atomic E-state index is 0.0739. The van der Waals surface area contributed by atoms with Crippen molar-refractivity contribution in [1.82, 2.24) is 5.32 Å². The molecule has 14 heavy (non-hydrogen) atoms. The first kappa shape index (κ1) is 12.0. The van der Waals surface area contributed by atoms with E-state index in [2.05, 4.69) is 19.2 Å². The van der Waals surface area contributed by atoms with Gasteiger partial charge < -0.3 is 16.2 Å². The third-order valence-electron chi connectivity index (χ3n) is 3.33. The maximum absolute atomic E-state index is 8.83. The van der Waals surface area contributed by atoms with E-state index in [1.807, 2.05) is 0 Å². The molecule has 0 radical (unpaired) electrons. The van der Waals surface area contributed by atoms with Crippen LogP contribution in [0, 0.1) is 5.41 Å². The van der Waals surface area contributed by atoms with Crippen molar-refractivity contribution in [3.05, 3.63) is 0 Å². The van der Waals surface area contributed by atoms with Crippen molar-refractivity contribution in [1.29, 1.82) is 0 Å². The summed E-state index contributed by atoms with van der Waals surface area (Å²) in [6, 6.07) is 0. The van der Waals surface area contributed by atoms with E-state index in [9.17, 15) is 0 Å². The fourth-order valence-corrected chi connectivity index (χ4v) is 2.72. The van der Waals surface area contributed by atoms with Gasteiger partial charge >= 0.3 is 0 Å². The van der Waals surface area contributed by atoms with Crippen LogP contribution in [-0.2, 0) is 0 Å². The van der Waals surface area contributed by atoms with E-state index in [0.717, 1.165) is 12.8 Å². The van der Waals surface area contributed by atoms with Gasteiger partial charge in [0, 0.05) is 18.6 Å². The minimum Gasteiger partial charge on any atom is -0.395 e. The molecular formula is C11H24N2O. The second-order valence-electron chi connectivity index (χ2n) is 5.33. The molecule has 0 aromatic heterocycles. The van der Waals surface area contributed by atoms with Crippen LogP contribution < -0.4 is 11.1 Å². The molecule has 1 unspecified atom stereocenters. The Bertz CT molecular complexity index is 182. The van der Waals surface area contributed by atoms with Crippen molar-refractivity contribution in [3.8, 4) is 0 Å². The summed E-state index contributed by atoms with van der Waals surface area (Å²) in [7, 11) is 0. The van der Waals surface area contributed by atoms with Crippen molar-refractivity contribution in [2.75, 3.05) is 19.7 Å². The Kier molecular flexibility index (Phi) is 3.93. The van der Waals surface area contributed by atoms with Gasteiger partial charge in [0.2, 0.25) is 0 Å². The van der Waals surface area contributed by atoms with E-state index in [0.29, 0.717) is 18.5 Å². The van der Waals surface area contributed by atoms with Gasteiger partial charge in [0.25, 0.3) is 0 Å². The Morgan fingerprint density at radius 1 is 1.36 bits per heavy atom.